The number of amides is 3. The molecule has 1 aromatic carbocycles. The molecule has 4 N–H and O–H groups in total. The molecule has 0 aromatic heterocycles. The largest absolute Gasteiger partial charge is 0.357 e. The van der Waals surface area contributed by atoms with Crippen molar-refractivity contribution in [2.24, 2.45) is 5.92 Å². The summed E-state index contributed by atoms with van der Waals surface area (Å²) in [6, 6.07) is 22.9. The quantitative estimate of drug-likeness (QED) is 0.260. The average Bonchev–Trinajstić information content (AvgIpc) is 3.08. The predicted octanol–water partition coefficient (Wildman–Crippen LogP) is 3.10. The van der Waals surface area contributed by atoms with E-state index in [9.17, 15) is 14.4 Å². The van der Waals surface area contributed by atoms with E-state index in [-0.39, 0.29) is 18.2 Å². The molecule has 34 heavy (non-hydrogen) atoms. The van der Waals surface area contributed by atoms with Gasteiger partial charge in [0.1, 0.15) is 6.04 Å². The lowest BCUT2D eigenvalue weighted by Crippen LogP contribution is -2.49. The lowest BCUT2D eigenvalue weighted by Gasteiger charge is -2.22. The first-order valence-electron chi connectivity index (χ1n) is 11.5. The van der Waals surface area contributed by atoms with Gasteiger partial charge in [0.15, 0.2) is 0 Å². The summed E-state index contributed by atoms with van der Waals surface area (Å²) in [6.07, 6.45) is 2.04. The van der Waals surface area contributed by atoms with E-state index in [1.807, 2.05) is 48.5 Å². The number of hydrogen-bond acceptors (Lipinski definition) is 4. The van der Waals surface area contributed by atoms with Crippen LogP contribution in [0.25, 0.3) is 11.1 Å². The summed E-state index contributed by atoms with van der Waals surface area (Å²) in [5.74, 6) is -2.00. The Kier molecular flexibility index (Phi) is 9.17. The summed E-state index contributed by atoms with van der Waals surface area (Å²) in [4.78, 5) is 37.4. The molecule has 2 atom stereocenters. The number of hydrogen-bond donors (Lipinski definition) is 4. The first-order chi connectivity index (χ1) is 16.5. The Balaban J connectivity index is 1.66. The Bertz CT molecular complexity index is 1070. The van der Waals surface area contributed by atoms with Crippen LogP contribution in [-0.4, -0.2) is 36.0 Å². The molecule has 178 valence electrons. The van der Waals surface area contributed by atoms with Crippen molar-refractivity contribution in [3.8, 4) is 11.1 Å². The number of carbonyl (C=O) groups is 3. The topological polar surface area (TPSA) is 108 Å². The molecule has 7 heteroatoms. The molecule has 2 aliphatic rings. The SMILES string of the molecule is CNC(=O)[C@H](Cc1ccccc1)NC(=O)[C@H](CCCc1ccc2cccccc1-2)CC(=O)NO. The second-order valence-corrected chi connectivity index (χ2v) is 8.33. The van der Waals surface area contributed by atoms with Crippen LogP contribution in [0.5, 0.6) is 0 Å². The molecule has 0 radical (unpaired) electrons. The Labute approximate surface area is 199 Å². The van der Waals surface area contributed by atoms with Crippen LogP contribution in [0.1, 0.15) is 30.4 Å². The molecular formula is C27H31N3O4. The van der Waals surface area contributed by atoms with Gasteiger partial charge in [0.25, 0.3) is 0 Å². The van der Waals surface area contributed by atoms with E-state index in [1.165, 1.54) is 18.2 Å². The van der Waals surface area contributed by atoms with Crippen LogP contribution < -0.4 is 16.1 Å². The van der Waals surface area contributed by atoms with Gasteiger partial charge in [0.05, 0.1) is 0 Å². The molecule has 0 spiro atoms. The summed E-state index contributed by atoms with van der Waals surface area (Å²) in [6.45, 7) is 0. The number of benzene rings is 1. The van der Waals surface area contributed by atoms with Gasteiger partial charge in [-0.1, -0.05) is 72.8 Å². The van der Waals surface area contributed by atoms with Crippen molar-refractivity contribution in [1.29, 1.82) is 0 Å². The van der Waals surface area contributed by atoms with Crippen LogP contribution in [0.2, 0.25) is 0 Å². The minimum absolute atomic E-state index is 0.162. The van der Waals surface area contributed by atoms with Crippen molar-refractivity contribution >= 4 is 17.7 Å². The normalized spacial score (nSPS) is 12.5. The number of aryl methyl sites for hydroxylation is 1. The Morgan fingerprint density at radius 2 is 1.59 bits per heavy atom. The zero-order valence-electron chi connectivity index (χ0n) is 19.3. The molecule has 7 nitrogen and oxygen atoms in total. The maximum atomic E-state index is 13.1. The van der Waals surface area contributed by atoms with E-state index >= 15 is 0 Å². The smallest absolute Gasteiger partial charge is 0.244 e. The van der Waals surface area contributed by atoms with E-state index in [0.29, 0.717) is 19.3 Å². The van der Waals surface area contributed by atoms with Crippen LogP contribution in [-0.2, 0) is 27.2 Å². The molecule has 0 bridgehead atoms. The van der Waals surface area contributed by atoms with Gasteiger partial charge in [-0.3, -0.25) is 19.6 Å². The molecule has 0 fully saturated rings. The Hall–Kier alpha value is -3.71. The van der Waals surface area contributed by atoms with E-state index < -0.39 is 17.9 Å². The molecule has 1 aromatic rings. The minimum atomic E-state index is -0.765. The van der Waals surface area contributed by atoms with Crippen molar-refractivity contribution in [1.82, 2.24) is 16.1 Å². The lowest BCUT2D eigenvalue weighted by atomic mass is 9.94. The fraction of sp³-hybridized carbons (Fsp3) is 0.296. The van der Waals surface area contributed by atoms with Crippen LogP contribution in [0.15, 0.2) is 72.8 Å². The van der Waals surface area contributed by atoms with Gasteiger partial charge in [-0.25, -0.2) is 5.48 Å². The highest BCUT2D eigenvalue weighted by Crippen LogP contribution is 2.28. The molecule has 0 saturated carbocycles. The molecule has 0 aliphatic heterocycles. The second-order valence-electron chi connectivity index (χ2n) is 8.33. The monoisotopic (exact) mass is 461 g/mol. The van der Waals surface area contributed by atoms with Crippen LogP contribution in [0, 0.1) is 5.92 Å². The molecule has 3 amide bonds. The number of hydroxylamine groups is 1. The highest BCUT2D eigenvalue weighted by atomic mass is 16.5. The summed E-state index contributed by atoms with van der Waals surface area (Å²) in [5.41, 5.74) is 6.03. The third kappa shape index (κ3) is 6.89. The van der Waals surface area contributed by atoms with Gasteiger partial charge >= 0.3 is 0 Å². The van der Waals surface area contributed by atoms with Gasteiger partial charge < -0.3 is 10.6 Å². The van der Waals surface area contributed by atoms with Crippen LogP contribution >= 0.6 is 0 Å². The van der Waals surface area contributed by atoms with Gasteiger partial charge in [-0.2, -0.15) is 0 Å². The maximum Gasteiger partial charge on any atom is 0.244 e. The number of likely N-dealkylation sites (N-methyl/N-ethyl adjacent to an activating group) is 1. The lowest BCUT2D eigenvalue weighted by molar-refractivity contribution is -0.136. The highest BCUT2D eigenvalue weighted by molar-refractivity contribution is 5.90. The minimum Gasteiger partial charge on any atom is -0.357 e. The third-order valence-electron chi connectivity index (χ3n) is 5.97. The van der Waals surface area contributed by atoms with Gasteiger partial charge in [-0.15, -0.1) is 0 Å². The molecule has 2 aliphatic carbocycles. The van der Waals surface area contributed by atoms with E-state index in [1.54, 1.807) is 5.48 Å². The average molecular weight is 462 g/mol. The fourth-order valence-electron chi connectivity index (χ4n) is 4.15. The first kappa shape index (κ1) is 24.9. The Morgan fingerprint density at radius 3 is 2.29 bits per heavy atom. The van der Waals surface area contributed by atoms with Gasteiger partial charge in [-0.05, 0) is 41.5 Å². The number of nitrogens with one attached hydrogen (secondary N) is 3. The van der Waals surface area contributed by atoms with Crippen molar-refractivity contribution in [3.05, 3.63) is 83.9 Å². The third-order valence-corrected chi connectivity index (χ3v) is 5.97. The number of carbonyl (C=O) groups excluding carboxylic acids is 3. The van der Waals surface area contributed by atoms with E-state index in [4.69, 9.17) is 5.21 Å². The van der Waals surface area contributed by atoms with E-state index in [0.717, 1.165) is 17.5 Å². The number of fused-ring (bicyclic) bond motifs is 1. The van der Waals surface area contributed by atoms with Crippen molar-refractivity contribution in [3.63, 3.8) is 0 Å². The standard InChI is InChI=1S/C27H31N3O4/c1-28-27(33)24(17-19-9-4-2-5-10-19)29-26(32)22(18-25(31)30-34)13-8-12-21-16-15-20-11-6-3-7-14-23(20)21/h2-7,9-11,14-16,22,24,34H,8,12-13,17-18H2,1H3,(H,28,33)(H,29,32)(H,30,31)/t22-,24+/m1/s1. The molecule has 0 saturated heterocycles. The summed E-state index contributed by atoms with van der Waals surface area (Å²) in [7, 11) is 1.52. The van der Waals surface area contributed by atoms with Crippen molar-refractivity contribution < 1.29 is 19.6 Å². The second kappa shape index (κ2) is 12.5. The molecular weight excluding hydrogens is 430 g/mol. The van der Waals surface area contributed by atoms with Crippen LogP contribution in [0.4, 0.5) is 0 Å². The van der Waals surface area contributed by atoms with Gasteiger partial charge in [0, 0.05) is 25.8 Å². The first-order valence-corrected chi connectivity index (χ1v) is 11.5. The Morgan fingerprint density at radius 1 is 0.882 bits per heavy atom. The molecule has 3 rings (SSSR count). The fourth-order valence-corrected chi connectivity index (χ4v) is 4.15. The maximum absolute atomic E-state index is 13.1. The summed E-state index contributed by atoms with van der Waals surface area (Å²) < 4.78 is 0. The van der Waals surface area contributed by atoms with Gasteiger partial charge in [0.2, 0.25) is 17.7 Å². The zero-order valence-corrected chi connectivity index (χ0v) is 19.3. The highest BCUT2D eigenvalue weighted by Gasteiger charge is 2.27. The molecule has 0 unspecified atom stereocenters. The predicted molar refractivity (Wildman–Crippen MR) is 130 cm³/mol. The van der Waals surface area contributed by atoms with E-state index in [2.05, 4.69) is 34.9 Å². The molecule has 0 heterocycles. The summed E-state index contributed by atoms with van der Waals surface area (Å²) >= 11 is 0. The number of rotatable bonds is 11. The van der Waals surface area contributed by atoms with Crippen molar-refractivity contribution in [2.75, 3.05) is 7.05 Å². The summed E-state index contributed by atoms with van der Waals surface area (Å²) in [5, 5.41) is 14.4. The van der Waals surface area contributed by atoms with Crippen LogP contribution in [0.3, 0.4) is 0 Å². The van der Waals surface area contributed by atoms with Crippen molar-refractivity contribution in [2.45, 2.75) is 38.1 Å². The zero-order chi connectivity index (χ0) is 24.3.